The van der Waals surface area contributed by atoms with Gasteiger partial charge in [0, 0.05) is 11.6 Å². The van der Waals surface area contributed by atoms with Gasteiger partial charge in [-0.25, -0.2) is 4.79 Å². The fraction of sp³-hybridized carbons (Fsp3) is 0.231. The lowest BCUT2D eigenvalue weighted by Gasteiger charge is -1.97. The molecular weight excluding hydrogens is 204 g/mol. The van der Waals surface area contributed by atoms with Crippen LogP contribution in [0.1, 0.15) is 29.8 Å². The topological polar surface area (TPSA) is 43.4 Å². The van der Waals surface area contributed by atoms with E-state index >= 15 is 0 Å². The van der Waals surface area contributed by atoms with Crippen LogP contribution in [0.15, 0.2) is 30.3 Å². The van der Waals surface area contributed by atoms with Crippen molar-refractivity contribution < 1.29 is 14.3 Å². The second-order valence-corrected chi connectivity index (χ2v) is 3.26. The van der Waals surface area contributed by atoms with Gasteiger partial charge in [0.15, 0.2) is 5.78 Å². The molecule has 84 valence electrons. The second kappa shape index (κ2) is 5.85. The van der Waals surface area contributed by atoms with Gasteiger partial charge in [-0.3, -0.25) is 4.79 Å². The Morgan fingerprint density at radius 1 is 1.25 bits per heavy atom. The van der Waals surface area contributed by atoms with E-state index < -0.39 is 0 Å². The summed E-state index contributed by atoms with van der Waals surface area (Å²) in [5.74, 6) is -0.334. The Kier molecular flexibility index (Phi) is 4.45. The number of esters is 1. The third-order valence-corrected chi connectivity index (χ3v) is 2.02. The normalized spacial score (nSPS) is 10.4. The van der Waals surface area contributed by atoms with Gasteiger partial charge in [-0.15, -0.1) is 0 Å². The average molecular weight is 218 g/mol. The van der Waals surface area contributed by atoms with E-state index in [0.717, 1.165) is 5.56 Å². The Hall–Kier alpha value is -1.90. The number of hydrogen-bond acceptors (Lipinski definition) is 3. The van der Waals surface area contributed by atoms with Gasteiger partial charge in [0.25, 0.3) is 0 Å². The fourth-order valence-corrected chi connectivity index (χ4v) is 1.18. The largest absolute Gasteiger partial charge is 0.463 e. The molecule has 3 nitrogen and oxygen atoms in total. The van der Waals surface area contributed by atoms with E-state index in [1.807, 2.05) is 0 Å². The zero-order chi connectivity index (χ0) is 12.0. The standard InChI is InChI=1S/C13H14O3/c1-3-16-13(15)9-6-11-4-7-12(8-5-11)10(2)14/h4-9H,3H2,1-2H3. The van der Waals surface area contributed by atoms with Crippen molar-refractivity contribution in [1.82, 2.24) is 0 Å². The van der Waals surface area contributed by atoms with Gasteiger partial charge in [-0.05, 0) is 25.5 Å². The van der Waals surface area contributed by atoms with E-state index in [9.17, 15) is 9.59 Å². The van der Waals surface area contributed by atoms with Crippen molar-refractivity contribution >= 4 is 17.8 Å². The summed E-state index contributed by atoms with van der Waals surface area (Å²) in [5, 5.41) is 0. The van der Waals surface area contributed by atoms with Crippen LogP contribution in [0.3, 0.4) is 0 Å². The van der Waals surface area contributed by atoms with Gasteiger partial charge in [0.2, 0.25) is 0 Å². The third kappa shape index (κ3) is 3.69. The van der Waals surface area contributed by atoms with Crippen LogP contribution in [0.25, 0.3) is 6.08 Å². The van der Waals surface area contributed by atoms with E-state index in [4.69, 9.17) is 4.74 Å². The molecule has 1 rings (SSSR count). The first kappa shape index (κ1) is 12.2. The van der Waals surface area contributed by atoms with Gasteiger partial charge in [-0.2, -0.15) is 0 Å². The Bertz CT molecular complexity index is 402. The lowest BCUT2D eigenvalue weighted by Crippen LogP contribution is -1.98. The Morgan fingerprint density at radius 2 is 1.88 bits per heavy atom. The number of carbonyl (C=O) groups excluding carboxylic acids is 2. The van der Waals surface area contributed by atoms with Crippen LogP contribution in [0.5, 0.6) is 0 Å². The highest BCUT2D eigenvalue weighted by Gasteiger charge is 1.98. The first-order valence-corrected chi connectivity index (χ1v) is 5.09. The number of ketones is 1. The van der Waals surface area contributed by atoms with Crippen LogP contribution in [0.4, 0.5) is 0 Å². The molecule has 0 saturated heterocycles. The molecule has 0 aliphatic rings. The summed E-state index contributed by atoms with van der Waals surface area (Å²) < 4.78 is 4.75. The summed E-state index contributed by atoms with van der Waals surface area (Å²) in [6.07, 6.45) is 3.02. The molecule has 0 radical (unpaired) electrons. The predicted octanol–water partition coefficient (Wildman–Crippen LogP) is 2.47. The molecule has 0 heterocycles. The van der Waals surface area contributed by atoms with Crippen molar-refractivity contribution in [3.05, 3.63) is 41.5 Å². The monoisotopic (exact) mass is 218 g/mol. The summed E-state index contributed by atoms with van der Waals surface area (Å²) in [4.78, 5) is 22.0. The number of rotatable bonds is 4. The van der Waals surface area contributed by atoms with Crippen molar-refractivity contribution in [2.24, 2.45) is 0 Å². The minimum Gasteiger partial charge on any atom is -0.463 e. The Labute approximate surface area is 94.7 Å². The number of carbonyl (C=O) groups is 2. The van der Waals surface area contributed by atoms with Crippen molar-refractivity contribution in [1.29, 1.82) is 0 Å². The summed E-state index contributed by atoms with van der Waals surface area (Å²) in [5.41, 5.74) is 1.52. The summed E-state index contributed by atoms with van der Waals surface area (Å²) >= 11 is 0. The molecule has 0 saturated carbocycles. The molecule has 0 atom stereocenters. The predicted molar refractivity (Wildman–Crippen MR) is 62.1 cm³/mol. The molecule has 0 fully saturated rings. The van der Waals surface area contributed by atoms with E-state index in [1.165, 1.54) is 13.0 Å². The number of benzene rings is 1. The van der Waals surface area contributed by atoms with Crippen molar-refractivity contribution in [3.63, 3.8) is 0 Å². The molecule has 0 bridgehead atoms. The minimum atomic E-state index is -0.363. The van der Waals surface area contributed by atoms with Gasteiger partial charge in [-0.1, -0.05) is 24.3 Å². The highest BCUT2D eigenvalue weighted by atomic mass is 16.5. The minimum absolute atomic E-state index is 0.0286. The van der Waals surface area contributed by atoms with Gasteiger partial charge in [0.1, 0.15) is 0 Å². The summed E-state index contributed by atoms with van der Waals surface area (Å²) in [6, 6.07) is 7.03. The van der Waals surface area contributed by atoms with E-state index in [1.54, 1.807) is 37.3 Å². The maximum atomic E-state index is 11.0. The Balaban J connectivity index is 2.68. The molecule has 0 aromatic heterocycles. The number of hydrogen-bond donors (Lipinski definition) is 0. The van der Waals surface area contributed by atoms with Crippen molar-refractivity contribution in [2.45, 2.75) is 13.8 Å². The fourth-order valence-electron chi connectivity index (χ4n) is 1.18. The molecule has 1 aromatic carbocycles. The zero-order valence-electron chi connectivity index (χ0n) is 9.40. The van der Waals surface area contributed by atoms with Crippen LogP contribution >= 0.6 is 0 Å². The number of Topliss-reactive ketones (excluding diaryl/α,β-unsaturated/α-hetero) is 1. The smallest absolute Gasteiger partial charge is 0.330 e. The molecule has 0 spiro atoms. The van der Waals surface area contributed by atoms with Crippen LogP contribution in [-0.2, 0) is 9.53 Å². The van der Waals surface area contributed by atoms with Crippen molar-refractivity contribution in [3.8, 4) is 0 Å². The maximum absolute atomic E-state index is 11.0. The number of ether oxygens (including phenoxy) is 1. The molecule has 0 aliphatic carbocycles. The molecule has 0 aliphatic heterocycles. The van der Waals surface area contributed by atoms with E-state index in [2.05, 4.69) is 0 Å². The summed E-state index contributed by atoms with van der Waals surface area (Å²) in [7, 11) is 0. The molecule has 3 heteroatoms. The lowest BCUT2D eigenvalue weighted by molar-refractivity contribution is -0.137. The molecular formula is C13H14O3. The first-order chi connectivity index (χ1) is 7.63. The molecule has 1 aromatic rings. The highest BCUT2D eigenvalue weighted by Crippen LogP contribution is 2.06. The van der Waals surface area contributed by atoms with Crippen LogP contribution in [-0.4, -0.2) is 18.4 Å². The molecule has 0 unspecified atom stereocenters. The third-order valence-electron chi connectivity index (χ3n) is 2.02. The van der Waals surface area contributed by atoms with Gasteiger partial charge in [0.05, 0.1) is 6.61 Å². The highest BCUT2D eigenvalue weighted by molar-refractivity contribution is 5.94. The lowest BCUT2D eigenvalue weighted by atomic mass is 10.1. The first-order valence-electron chi connectivity index (χ1n) is 5.09. The average Bonchev–Trinajstić information content (AvgIpc) is 2.27. The molecule has 0 N–H and O–H groups in total. The second-order valence-electron chi connectivity index (χ2n) is 3.26. The zero-order valence-corrected chi connectivity index (χ0v) is 9.40. The quantitative estimate of drug-likeness (QED) is 0.443. The maximum Gasteiger partial charge on any atom is 0.330 e. The van der Waals surface area contributed by atoms with Crippen LogP contribution < -0.4 is 0 Å². The molecule has 0 amide bonds. The van der Waals surface area contributed by atoms with Crippen LogP contribution in [0.2, 0.25) is 0 Å². The van der Waals surface area contributed by atoms with Gasteiger partial charge >= 0.3 is 5.97 Å². The molecule has 16 heavy (non-hydrogen) atoms. The van der Waals surface area contributed by atoms with Crippen molar-refractivity contribution in [2.75, 3.05) is 6.61 Å². The Morgan fingerprint density at radius 3 is 2.38 bits per heavy atom. The summed E-state index contributed by atoms with van der Waals surface area (Å²) in [6.45, 7) is 3.64. The van der Waals surface area contributed by atoms with E-state index in [-0.39, 0.29) is 11.8 Å². The van der Waals surface area contributed by atoms with Crippen LogP contribution in [0, 0.1) is 0 Å². The van der Waals surface area contributed by atoms with E-state index in [0.29, 0.717) is 12.2 Å². The van der Waals surface area contributed by atoms with Gasteiger partial charge < -0.3 is 4.74 Å². The SMILES string of the molecule is CCOC(=O)C=Cc1ccc(C(C)=O)cc1.